The molecule has 1 aliphatic carbocycles. The average molecular weight is 306 g/mol. The molecular weight excluding hydrogens is 280 g/mol. The maximum atomic E-state index is 11.8. The zero-order valence-corrected chi connectivity index (χ0v) is 13.6. The van der Waals surface area contributed by atoms with Crippen LogP contribution in [0.3, 0.4) is 0 Å². The number of carbonyl (C=O) groups excluding carboxylic acids is 1. The third-order valence-corrected chi connectivity index (χ3v) is 3.98. The molecule has 0 fully saturated rings. The predicted octanol–water partition coefficient (Wildman–Crippen LogP) is 2.19. The van der Waals surface area contributed by atoms with Gasteiger partial charge in [0.1, 0.15) is 5.75 Å². The monoisotopic (exact) mass is 306 g/mol. The summed E-state index contributed by atoms with van der Waals surface area (Å²) in [7, 11) is 1.68. The minimum Gasteiger partial charge on any atom is -0.497 e. The molecule has 0 saturated heterocycles. The molecule has 1 aromatic rings. The number of amides is 2. The second-order valence-electron chi connectivity index (χ2n) is 6.53. The van der Waals surface area contributed by atoms with Gasteiger partial charge in [0.2, 0.25) is 0 Å². The van der Waals surface area contributed by atoms with Gasteiger partial charge in [-0.2, -0.15) is 0 Å². The largest absolute Gasteiger partial charge is 0.497 e. The Kier molecular flexibility index (Phi) is 5.29. The molecular formula is C17H26N2O3. The lowest BCUT2D eigenvalue weighted by molar-refractivity contribution is 0.0819. The number of rotatable bonds is 5. The van der Waals surface area contributed by atoms with Gasteiger partial charge in [-0.05, 0) is 56.4 Å². The Labute approximate surface area is 132 Å². The molecule has 22 heavy (non-hydrogen) atoms. The number of ether oxygens (including phenoxy) is 1. The molecule has 3 N–H and O–H groups in total. The maximum Gasteiger partial charge on any atom is 0.314 e. The minimum atomic E-state index is -0.897. The highest BCUT2D eigenvalue weighted by Gasteiger charge is 2.21. The Morgan fingerprint density at radius 2 is 2.18 bits per heavy atom. The van der Waals surface area contributed by atoms with Gasteiger partial charge in [-0.25, -0.2) is 4.79 Å². The maximum absolute atomic E-state index is 11.8. The van der Waals surface area contributed by atoms with Gasteiger partial charge in [0, 0.05) is 19.0 Å². The molecule has 1 aromatic carbocycles. The molecule has 5 heteroatoms. The third-order valence-electron chi connectivity index (χ3n) is 3.98. The van der Waals surface area contributed by atoms with E-state index in [1.165, 1.54) is 11.1 Å². The van der Waals surface area contributed by atoms with Crippen LogP contribution in [0, 0.1) is 0 Å². The van der Waals surface area contributed by atoms with Crippen molar-refractivity contribution in [3.05, 3.63) is 29.3 Å². The van der Waals surface area contributed by atoms with E-state index in [-0.39, 0.29) is 12.6 Å². The van der Waals surface area contributed by atoms with Crippen molar-refractivity contribution in [3.8, 4) is 5.75 Å². The predicted molar refractivity (Wildman–Crippen MR) is 86.4 cm³/mol. The fourth-order valence-corrected chi connectivity index (χ4v) is 2.81. The highest BCUT2D eigenvalue weighted by molar-refractivity contribution is 5.74. The molecule has 0 radical (unpaired) electrons. The SMILES string of the molecule is COc1ccc2c(c1)CCC[C@@H]2CNC(=O)NCC(C)(C)O. The molecule has 0 saturated carbocycles. The van der Waals surface area contributed by atoms with E-state index in [0.29, 0.717) is 12.5 Å². The van der Waals surface area contributed by atoms with Crippen LogP contribution >= 0.6 is 0 Å². The fourth-order valence-electron chi connectivity index (χ4n) is 2.81. The van der Waals surface area contributed by atoms with Crippen molar-refractivity contribution < 1.29 is 14.6 Å². The Balaban J connectivity index is 1.91. The van der Waals surface area contributed by atoms with Crippen molar-refractivity contribution in [3.63, 3.8) is 0 Å². The number of hydrogen-bond acceptors (Lipinski definition) is 3. The molecule has 2 amide bonds. The molecule has 0 spiro atoms. The summed E-state index contributed by atoms with van der Waals surface area (Å²) in [6.07, 6.45) is 3.26. The summed E-state index contributed by atoms with van der Waals surface area (Å²) in [5.74, 6) is 1.22. The first-order chi connectivity index (χ1) is 10.4. The van der Waals surface area contributed by atoms with Crippen LogP contribution in [-0.4, -0.2) is 36.9 Å². The molecule has 1 atom stereocenters. The number of benzene rings is 1. The molecule has 5 nitrogen and oxygen atoms in total. The van der Waals surface area contributed by atoms with Gasteiger partial charge < -0.3 is 20.5 Å². The Hall–Kier alpha value is -1.75. The lowest BCUT2D eigenvalue weighted by atomic mass is 9.82. The van der Waals surface area contributed by atoms with E-state index in [9.17, 15) is 9.90 Å². The van der Waals surface area contributed by atoms with E-state index in [1.807, 2.05) is 6.07 Å². The number of aryl methyl sites for hydroxylation is 1. The topological polar surface area (TPSA) is 70.6 Å². The number of hydrogen-bond donors (Lipinski definition) is 3. The Morgan fingerprint density at radius 1 is 1.41 bits per heavy atom. The minimum absolute atomic E-state index is 0.233. The number of aliphatic hydroxyl groups is 1. The normalized spacial score (nSPS) is 17.5. The standard InChI is InChI=1S/C17H26N2O3/c1-17(2,21)11-19-16(20)18-10-13-6-4-5-12-9-14(22-3)7-8-15(12)13/h7-9,13,21H,4-6,10-11H2,1-3H3,(H2,18,19,20)/t13-/m1/s1. The zero-order valence-electron chi connectivity index (χ0n) is 13.6. The van der Waals surface area contributed by atoms with Crippen LogP contribution < -0.4 is 15.4 Å². The molecule has 0 aromatic heterocycles. The van der Waals surface area contributed by atoms with E-state index in [1.54, 1.807) is 21.0 Å². The van der Waals surface area contributed by atoms with Crippen LogP contribution in [0.2, 0.25) is 0 Å². The summed E-state index contributed by atoms with van der Waals surface area (Å²) in [5, 5.41) is 15.2. The van der Waals surface area contributed by atoms with E-state index in [2.05, 4.69) is 22.8 Å². The second-order valence-corrected chi connectivity index (χ2v) is 6.53. The smallest absolute Gasteiger partial charge is 0.314 e. The van der Waals surface area contributed by atoms with Crippen LogP contribution in [0.5, 0.6) is 5.75 Å². The van der Waals surface area contributed by atoms with Crippen molar-refractivity contribution in [2.24, 2.45) is 0 Å². The Bertz CT molecular complexity index is 523. The molecule has 122 valence electrons. The fraction of sp³-hybridized carbons (Fsp3) is 0.588. The van der Waals surface area contributed by atoms with E-state index in [0.717, 1.165) is 25.0 Å². The van der Waals surface area contributed by atoms with Gasteiger partial charge in [0.05, 0.1) is 12.7 Å². The van der Waals surface area contributed by atoms with Crippen LogP contribution in [0.25, 0.3) is 0 Å². The summed E-state index contributed by atoms with van der Waals surface area (Å²) in [6.45, 7) is 4.17. The first kappa shape index (κ1) is 16.6. The highest BCUT2D eigenvalue weighted by atomic mass is 16.5. The zero-order chi connectivity index (χ0) is 16.2. The quantitative estimate of drug-likeness (QED) is 0.781. The van der Waals surface area contributed by atoms with E-state index >= 15 is 0 Å². The summed E-state index contributed by atoms with van der Waals surface area (Å²) in [4.78, 5) is 11.8. The Morgan fingerprint density at radius 3 is 2.86 bits per heavy atom. The van der Waals surface area contributed by atoms with Crippen LogP contribution in [0.1, 0.15) is 43.7 Å². The average Bonchev–Trinajstić information content (AvgIpc) is 2.49. The van der Waals surface area contributed by atoms with Crippen molar-refractivity contribution in [2.45, 2.75) is 44.6 Å². The number of urea groups is 1. The number of fused-ring (bicyclic) bond motifs is 1. The van der Waals surface area contributed by atoms with Crippen LogP contribution in [0.15, 0.2) is 18.2 Å². The van der Waals surface area contributed by atoms with Crippen molar-refractivity contribution in [1.29, 1.82) is 0 Å². The van der Waals surface area contributed by atoms with Gasteiger partial charge in [-0.15, -0.1) is 0 Å². The van der Waals surface area contributed by atoms with E-state index < -0.39 is 5.60 Å². The van der Waals surface area contributed by atoms with Gasteiger partial charge in [-0.3, -0.25) is 0 Å². The van der Waals surface area contributed by atoms with E-state index in [4.69, 9.17) is 4.74 Å². The summed E-state index contributed by atoms with van der Waals surface area (Å²) in [5.41, 5.74) is 1.72. The van der Waals surface area contributed by atoms with Gasteiger partial charge >= 0.3 is 6.03 Å². The lowest BCUT2D eigenvalue weighted by Crippen LogP contribution is -2.44. The van der Waals surface area contributed by atoms with Gasteiger partial charge in [0.25, 0.3) is 0 Å². The van der Waals surface area contributed by atoms with Gasteiger partial charge in [-0.1, -0.05) is 6.07 Å². The van der Waals surface area contributed by atoms with Gasteiger partial charge in [0.15, 0.2) is 0 Å². The first-order valence-electron chi connectivity index (χ1n) is 7.80. The molecule has 0 unspecified atom stereocenters. The van der Waals surface area contributed by atoms with Crippen LogP contribution in [-0.2, 0) is 6.42 Å². The van der Waals surface area contributed by atoms with Crippen molar-refractivity contribution in [1.82, 2.24) is 10.6 Å². The summed E-state index contributed by atoms with van der Waals surface area (Å²) < 4.78 is 5.27. The molecule has 2 rings (SSSR count). The molecule has 0 bridgehead atoms. The highest BCUT2D eigenvalue weighted by Crippen LogP contribution is 2.33. The summed E-state index contributed by atoms with van der Waals surface area (Å²) in [6, 6.07) is 5.94. The van der Waals surface area contributed by atoms with Crippen molar-refractivity contribution in [2.75, 3.05) is 20.2 Å². The van der Waals surface area contributed by atoms with Crippen LogP contribution in [0.4, 0.5) is 4.79 Å². The number of nitrogens with one attached hydrogen (secondary N) is 2. The van der Waals surface area contributed by atoms with Crippen molar-refractivity contribution >= 4 is 6.03 Å². The molecule has 1 aliphatic rings. The third kappa shape index (κ3) is 4.63. The second kappa shape index (κ2) is 7.01. The summed E-state index contributed by atoms with van der Waals surface area (Å²) >= 11 is 0. The lowest BCUT2D eigenvalue weighted by Gasteiger charge is -2.26. The molecule has 0 heterocycles. The molecule has 0 aliphatic heterocycles. The number of methoxy groups -OCH3 is 1. The first-order valence-corrected chi connectivity index (χ1v) is 7.80. The number of carbonyl (C=O) groups is 1.